The van der Waals surface area contributed by atoms with Gasteiger partial charge in [-0.2, -0.15) is 0 Å². The minimum atomic E-state index is -0.0602. The van der Waals surface area contributed by atoms with Gasteiger partial charge in [0.2, 0.25) is 0 Å². The summed E-state index contributed by atoms with van der Waals surface area (Å²) in [6.45, 7) is 1.73. The standard InChI is InChI=1S/C6H9NO2/c1-4-6(9)5(8)3-7(4)2/h3,8-9H,1-2H3. The van der Waals surface area contributed by atoms with Gasteiger partial charge < -0.3 is 14.8 Å². The highest BCUT2D eigenvalue weighted by Gasteiger charge is 2.05. The number of hydrogen-bond donors (Lipinski definition) is 2. The fourth-order valence-electron chi connectivity index (χ4n) is 0.694. The van der Waals surface area contributed by atoms with E-state index in [0.717, 1.165) is 0 Å². The Labute approximate surface area is 53.2 Å². The van der Waals surface area contributed by atoms with E-state index in [4.69, 9.17) is 10.2 Å². The summed E-state index contributed by atoms with van der Waals surface area (Å²) in [5.41, 5.74) is 0.674. The van der Waals surface area contributed by atoms with E-state index in [2.05, 4.69) is 0 Å². The van der Waals surface area contributed by atoms with Crippen molar-refractivity contribution in [2.24, 2.45) is 7.05 Å². The second kappa shape index (κ2) is 1.69. The van der Waals surface area contributed by atoms with Crippen molar-refractivity contribution in [3.8, 4) is 11.5 Å². The summed E-state index contributed by atoms with van der Waals surface area (Å²) in [6.07, 6.45) is 1.46. The zero-order valence-electron chi connectivity index (χ0n) is 5.42. The highest BCUT2D eigenvalue weighted by Crippen LogP contribution is 2.28. The van der Waals surface area contributed by atoms with Gasteiger partial charge in [0.15, 0.2) is 11.5 Å². The number of aromatic nitrogens is 1. The van der Waals surface area contributed by atoms with Crippen LogP contribution in [0.5, 0.6) is 11.5 Å². The summed E-state index contributed by atoms with van der Waals surface area (Å²) in [4.78, 5) is 0. The average Bonchev–Trinajstić information content (AvgIpc) is 1.98. The first-order chi connectivity index (χ1) is 4.13. The molecule has 1 rings (SSSR count). The number of aryl methyl sites for hydroxylation is 1. The molecule has 0 bridgehead atoms. The summed E-state index contributed by atoms with van der Waals surface area (Å²) >= 11 is 0. The third-order valence-electron chi connectivity index (χ3n) is 1.43. The third kappa shape index (κ3) is 0.740. The normalized spacial score (nSPS) is 10.0. The number of hydrogen-bond acceptors (Lipinski definition) is 2. The van der Waals surface area contributed by atoms with Gasteiger partial charge in [0, 0.05) is 13.2 Å². The lowest BCUT2D eigenvalue weighted by Crippen LogP contribution is -1.85. The van der Waals surface area contributed by atoms with Crippen LogP contribution in [0.25, 0.3) is 0 Å². The first-order valence-electron chi connectivity index (χ1n) is 2.66. The predicted octanol–water partition coefficient (Wildman–Crippen LogP) is 0.745. The van der Waals surface area contributed by atoms with Crippen LogP contribution in [0.15, 0.2) is 6.20 Å². The monoisotopic (exact) mass is 127 g/mol. The highest BCUT2D eigenvalue weighted by atomic mass is 16.3. The predicted molar refractivity (Wildman–Crippen MR) is 33.5 cm³/mol. The summed E-state index contributed by atoms with van der Waals surface area (Å²) in [7, 11) is 1.76. The second-order valence-corrected chi connectivity index (χ2v) is 2.06. The van der Waals surface area contributed by atoms with Gasteiger partial charge in [-0.1, -0.05) is 0 Å². The lowest BCUT2D eigenvalue weighted by atomic mass is 10.4. The van der Waals surface area contributed by atoms with Crippen LogP contribution in [-0.4, -0.2) is 14.8 Å². The topological polar surface area (TPSA) is 45.4 Å². The van der Waals surface area contributed by atoms with Crippen molar-refractivity contribution in [1.29, 1.82) is 0 Å². The Morgan fingerprint density at radius 1 is 1.44 bits per heavy atom. The van der Waals surface area contributed by atoms with Crippen LogP contribution in [0.1, 0.15) is 5.69 Å². The largest absolute Gasteiger partial charge is 0.503 e. The molecule has 0 aromatic carbocycles. The average molecular weight is 127 g/mol. The van der Waals surface area contributed by atoms with Crippen molar-refractivity contribution in [1.82, 2.24) is 4.57 Å². The third-order valence-corrected chi connectivity index (χ3v) is 1.43. The van der Waals surface area contributed by atoms with Crippen molar-refractivity contribution in [3.05, 3.63) is 11.9 Å². The van der Waals surface area contributed by atoms with E-state index in [1.807, 2.05) is 0 Å². The molecule has 50 valence electrons. The first-order valence-corrected chi connectivity index (χ1v) is 2.66. The molecule has 3 nitrogen and oxygen atoms in total. The fraction of sp³-hybridized carbons (Fsp3) is 0.333. The highest BCUT2D eigenvalue weighted by molar-refractivity contribution is 5.41. The quantitative estimate of drug-likeness (QED) is 0.540. The Morgan fingerprint density at radius 3 is 2.11 bits per heavy atom. The first kappa shape index (κ1) is 6.01. The van der Waals surface area contributed by atoms with Gasteiger partial charge in [-0.15, -0.1) is 0 Å². The van der Waals surface area contributed by atoms with Gasteiger partial charge in [0.25, 0.3) is 0 Å². The van der Waals surface area contributed by atoms with E-state index in [9.17, 15) is 0 Å². The van der Waals surface area contributed by atoms with Crippen LogP contribution in [-0.2, 0) is 7.05 Å². The molecular weight excluding hydrogens is 118 g/mol. The van der Waals surface area contributed by atoms with E-state index in [1.165, 1.54) is 6.20 Å². The zero-order valence-corrected chi connectivity index (χ0v) is 5.42. The van der Waals surface area contributed by atoms with Gasteiger partial charge in [-0.05, 0) is 6.92 Å². The Bertz CT molecular complexity index is 205. The van der Waals surface area contributed by atoms with Crippen LogP contribution in [0.3, 0.4) is 0 Å². The van der Waals surface area contributed by atoms with E-state index >= 15 is 0 Å². The molecule has 0 unspecified atom stereocenters. The lowest BCUT2D eigenvalue weighted by molar-refractivity contribution is 0.405. The molecule has 3 heteroatoms. The molecule has 0 saturated carbocycles. The van der Waals surface area contributed by atoms with Crippen molar-refractivity contribution in [2.45, 2.75) is 6.92 Å². The maximum atomic E-state index is 8.96. The van der Waals surface area contributed by atoms with Gasteiger partial charge >= 0.3 is 0 Å². The Hall–Kier alpha value is -1.12. The minimum absolute atomic E-state index is 0.0301. The fourth-order valence-corrected chi connectivity index (χ4v) is 0.694. The molecule has 0 saturated heterocycles. The molecule has 1 aromatic heterocycles. The smallest absolute Gasteiger partial charge is 0.178 e. The van der Waals surface area contributed by atoms with Crippen LogP contribution < -0.4 is 0 Å². The number of nitrogens with zero attached hydrogens (tertiary/aromatic N) is 1. The van der Waals surface area contributed by atoms with Gasteiger partial charge in [0.1, 0.15) is 0 Å². The molecule has 0 radical (unpaired) electrons. The Kier molecular flexibility index (Phi) is 1.12. The molecule has 0 spiro atoms. The molecule has 1 heterocycles. The van der Waals surface area contributed by atoms with Crippen LogP contribution >= 0.6 is 0 Å². The molecule has 0 fully saturated rings. The summed E-state index contributed by atoms with van der Waals surface area (Å²) < 4.78 is 1.66. The van der Waals surface area contributed by atoms with Crippen molar-refractivity contribution < 1.29 is 10.2 Å². The van der Waals surface area contributed by atoms with Crippen molar-refractivity contribution in [3.63, 3.8) is 0 Å². The summed E-state index contributed by atoms with van der Waals surface area (Å²) in [5, 5.41) is 17.8. The molecule has 0 atom stereocenters. The molecule has 2 N–H and O–H groups in total. The SMILES string of the molecule is Cc1c(O)c(O)cn1C. The van der Waals surface area contributed by atoms with E-state index in [0.29, 0.717) is 5.69 Å². The molecule has 0 aliphatic rings. The van der Waals surface area contributed by atoms with Crippen molar-refractivity contribution in [2.75, 3.05) is 0 Å². The maximum absolute atomic E-state index is 8.96. The second-order valence-electron chi connectivity index (χ2n) is 2.06. The van der Waals surface area contributed by atoms with E-state index < -0.39 is 0 Å². The van der Waals surface area contributed by atoms with Gasteiger partial charge in [0.05, 0.1) is 5.69 Å². The van der Waals surface area contributed by atoms with Gasteiger partial charge in [-0.25, -0.2) is 0 Å². The van der Waals surface area contributed by atoms with E-state index in [-0.39, 0.29) is 11.5 Å². The van der Waals surface area contributed by atoms with E-state index in [1.54, 1.807) is 18.5 Å². The minimum Gasteiger partial charge on any atom is -0.503 e. The van der Waals surface area contributed by atoms with Crippen molar-refractivity contribution >= 4 is 0 Å². The lowest BCUT2D eigenvalue weighted by Gasteiger charge is -1.91. The Morgan fingerprint density at radius 2 is 2.00 bits per heavy atom. The van der Waals surface area contributed by atoms with Crippen LogP contribution in [0, 0.1) is 6.92 Å². The number of aromatic hydroxyl groups is 2. The molecule has 0 amide bonds. The number of rotatable bonds is 0. The van der Waals surface area contributed by atoms with Crippen LogP contribution in [0.2, 0.25) is 0 Å². The molecular formula is C6H9NO2. The molecule has 0 aliphatic carbocycles. The maximum Gasteiger partial charge on any atom is 0.178 e. The van der Waals surface area contributed by atoms with Crippen LogP contribution in [0.4, 0.5) is 0 Å². The molecule has 0 aliphatic heterocycles. The van der Waals surface area contributed by atoms with Gasteiger partial charge in [-0.3, -0.25) is 0 Å². The molecule has 9 heavy (non-hydrogen) atoms. The summed E-state index contributed by atoms with van der Waals surface area (Å²) in [5.74, 6) is -0.0903. The summed E-state index contributed by atoms with van der Waals surface area (Å²) in [6, 6.07) is 0. The zero-order chi connectivity index (χ0) is 7.02. The molecule has 1 aromatic rings. The Balaban J connectivity index is 3.29.